The number of amides is 1. The number of anilines is 2. The maximum Gasteiger partial charge on any atom is 0.453 e. The predicted molar refractivity (Wildman–Crippen MR) is 117 cm³/mol. The fourth-order valence-electron chi connectivity index (χ4n) is 3.52. The number of nitrogens with zero attached hydrogens (tertiary/aromatic N) is 3. The highest BCUT2D eigenvalue weighted by atomic mass is 35.5. The van der Waals surface area contributed by atoms with Crippen LogP contribution in [-0.2, 0) is 11.0 Å². The monoisotopic (exact) mass is 477 g/mol. The van der Waals surface area contributed by atoms with E-state index in [1.165, 1.54) is 0 Å². The van der Waals surface area contributed by atoms with Crippen LogP contribution < -0.4 is 15.4 Å². The number of ether oxygens (including phenoxy) is 1. The molecular formula is C22H19ClF3N5O2. The van der Waals surface area contributed by atoms with Gasteiger partial charge in [0.15, 0.2) is 0 Å². The molecule has 4 rings (SSSR count). The van der Waals surface area contributed by atoms with E-state index in [2.05, 4.69) is 20.7 Å². The normalized spacial score (nSPS) is 15.6. The molecule has 33 heavy (non-hydrogen) atoms. The van der Waals surface area contributed by atoms with Crippen molar-refractivity contribution in [2.75, 3.05) is 17.2 Å². The lowest BCUT2D eigenvalue weighted by molar-refractivity contribution is -0.145. The van der Waals surface area contributed by atoms with Crippen molar-refractivity contribution in [3.8, 4) is 5.75 Å². The molecule has 2 N–H and O–H groups in total. The molecule has 0 aliphatic carbocycles. The quantitative estimate of drug-likeness (QED) is 0.523. The minimum absolute atomic E-state index is 0.109. The van der Waals surface area contributed by atoms with Crippen LogP contribution in [0.5, 0.6) is 5.75 Å². The highest BCUT2D eigenvalue weighted by Gasteiger charge is 2.41. The van der Waals surface area contributed by atoms with Crippen molar-refractivity contribution >= 4 is 29.1 Å². The Kier molecular flexibility index (Phi) is 6.03. The number of halogens is 4. The first-order valence-electron chi connectivity index (χ1n) is 9.98. The molecule has 172 valence electrons. The molecule has 3 aromatic rings. The van der Waals surface area contributed by atoms with Crippen molar-refractivity contribution in [3.05, 3.63) is 76.2 Å². The zero-order chi connectivity index (χ0) is 23.8. The Morgan fingerprint density at radius 2 is 1.85 bits per heavy atom. The largest absolute Gasteiger partial charge is 0.494 e. The Hall–Kier alpha value is -3.53. The number of hydrogen-bond acceptors (Lipinski definition) is 5. The standard InChI is InChI=1S/C22H19ClF3N5O2/c1-3-33-16-10-4-13(5-11-16)18-17(19(32)28-15-8-6-14(23)7-9-15)12(2)27-21-29-20(22(24,25)26)30-31(18)21/h4-11,18H,3H2,1-2H3,(H,28,32)(H,27,29,30)/t18-/m1/s1. The molecule has 1 aliphatic heterocycles. The molecular weight excluding hydrogens is 459 g/mol. The molecule has 0 fully saturated rings. The smallest absolute Gasteiger partial charge is 0.453 e. The molecule has 0 saturated heterocycles. The molecule has 0 bridgehead atoms. The Morgan fingerprint density at radius 3 is 2.45 bits per heavy atom. The average Bonchev–Trinajstić information content (AvgIpc) is 3.19. The number of rotatable bonds is 5. The summed E-state index contributed by atoms with van der Waals surface area (Å²) in [7, 11) is 0. The highest BCUT2D eigenvalue weighted by Crippen LogP contribution is 2.38. The second kappa shape index (κ2) is 8.78. The van der Waals surface area contributed by atoms with E-state index >= 15 is 0 Å². The fourth-order valence-corrected chi connectivity index (χ4v) is 3.64. The summed E-state index contributed by atoms with van der Waals surface area (Å²) in [5.74, 6) is -1.32. The maximum atomic E-state index is 13.3. The molecule has 2 heterocycles. The lowest BCUT2D eigenvalue weighted by Gasteiger charge is -2.28. The number of aromatic nitrogens is 3. The van der Waals surface area contributed by atoms with Gasteiger partial charge in [0.2, 0.25) is 5.95 Å². The Morgan fingerprint density at radius 1 is 1.18 bits per heavy atom. The van der Waals surface area contributed by atoms with Gasteiger partial charge in [-0.05, 0) is 55.8 Å². The highest BCUT2D eigenvalue weighted by molar-refractivity contribution is 6.30. The van der Waals surface area contributed by atoms with Crippen LogP contribution in [0.2, 0.25) is 5.02 Å². The van der Waals surface area contributed by atoms with Gasteiger partial charge in [0.05, 0.1) is 12.2 Å². The number of nitrogens with one attached hydrogen (secondary N) is 2. The molecule has 0 saturated carbocycles. The average molecular weight is 478 g/mol. The van der Waals surface area contributed by atoms with E-state index in [4.69, 9.17) is 16.3 Å². The van der Waals surface area contributed by atoms with Gasteiger partial charge in [-0.1, -0.05) is 23.7 Å². The predicted octanol–water partition coefficient (Wildman–Crippen LogP) is 5.28. The fraction of sp³-hybridized carbons (Fsp3) is 0.227. The van der Waals surface area contributed by atoms with E-state index in [-0.39, 0.29) is 11.5 Å². The summed E-state index contributed by atoms with van der Waals surface area (Å²) < 4.78 is 46.5. The number of hydrogen-bond donors (Lipinski definition) is 2. The molecule has 1 amide bonds. The zero-order valence-corrected chi connectivity index (χ0v) is 18.3. The van der Waals surface area contributed by atoms with E-state index in [0.29, 0.717) is 34.3 Å². The first-order chi connectivity index (χ1) is 15.7. The van der Waals surface area contributed by atoms with Crippen LogP contribution in [0.4, 0.5) is 24.8 Å². The molecule has 0 radical (unpaired) electrons. The van der Waals surface area contributed by atoms with Crippen LogP contribution in [-0.4, -0.2) is 27.3 Å². The first kappa shape index (κ1) is 22.7. The molecule has 0 spiro atoms. The summed E-state index contributed by atoms with van der Waals surface area (Å²) in [5, 5.41) is 9.72. The van der Waals surface area contributed by atoms with Crippen molar-refractivity contribution in [3.63, 3.8) is 0 Å². The van der Waals surface area contributed by atoms with Crippen LogP contribution in [0.3, 0.4) is 0 Å². The van der Waals surface area contributed by atoms with E-state index in [9.17, 15) is 18.0 Å². The van der Waals surface area contributed by atoms with Gasteiger partial charge in [0.1, 0.15) is 11.8 Å². The third-order valence-electron chi connectivity index (χ3n) is 4.96. The van der Waals surface area contributed by atoms with Gasteiger partial charge in [-0.25, -0.2) is 4.68 Å². The van der Waals surface area contributed by atoms with E-state index in [1.54, 1.807) is 55.5 Å². The summed E-state index contributed by atoms with van der Waals surface area (Å²) >= 11 is 5.90. The molecule has 0 unspecified atom stereocenters. The van der Waals surface area contributed by atoms with Crippen molar-refractivity contribution in [2.45, 2.75) is 26.1 Å². The summed E-state index contributed by atoms with van der Waals surface area (Å²) in [6.45, 7) is 3.90. The number of carbonyl (C=O) groups excluding carboxylic acids is 1. The van der Waals surface area contributed by atoms with Crippen LogP contribution in [0.25, 0.3) is 0 Å². The Balaban J connectivity index is 1.78. The van der Waals surface area contributed by atoms with Crippen LogP contribution in [0, 0.1) is 0 Å². The van der Waals surface area contributed by atoms with E-state index in [1.807, 2.05) is 6.92 Å². The maximum absolute atomic E-state index is 13.3. The van der Waals surface area contributed by atoms with E-state index < -0.39 is 23.9 Å². The van der Waals surface area contributed by atoms with Gasteiger partial charge in [0, 0.05) is 16.4 Å². The number of alkyl halides is 3. The van der Waals surface area contributed by atoms with Gasteiger partial charge < -0.3 is 15.4 Å². The minimum Gasteiger partial charge on any atom is -0.494 e. The zero-order valence-electron chi connectivity index (χ0n) is 17.6. The minimum atomic E-state index is -4.74. The lowest BCUT2D eigenvalue weighted by Crippen LogP contribution is -2.31. The SMILES string of the molecule is CCOc1ccc([C@@H]2C(C(=O)Nc3ccc(Cl)cc3)=C(C)Nc3nc(C(F)(F)F)nn32)cc1. The van der Waals surface area contributed by atoms with Crippen LogP contribution >= 0.6 is 11.6 Å². The Bertz CT molecular complexity index is 1200. The van der Waals surface area contributed by atoms with Gasteiger partial charge in [0.25, 0.3) is 11.7 Å². The summed E-state index contributed by atoms with van der Waals surface area (Å²) in [5.41, 5.74) is 1.57. The molecule has 1 aliphatic rings. The Labute approximate surface area is 192 Å². The number of allylic oxidation sites excluding steroid dienone is 1. The van der Waals surface area contributed by atoms with Gasteiger partial charge in [-0.15, -0.1) is 5.10 Å². The van der Waals surface area contributed by atoms with E-state index in [0.717, 1.165) is 4.68 Å². The number of fused-ring (bicyclic) bond motifs is 1. The second-order valence-electron chi connectivity index (χ2n) is 7.23. The summed E-state index contributed by atoms with van der Waals surface area (Å²) in [6, 6.07) is 12.3. The van der Waals surface area contributed by atoms with Crippen molar-refractivity contribution < 1.29 is 22.7 Å². The van der Waals surface area contributed by atoms with Crippen LogP contribution in [0.15, 0.2) is 59.8 Å². The molecule has 11 heteroatoms. The summed E-state index contributed by atoms with van der Waals surface area (Å²) in [6.07, 6.45) is -4.74. The van der Waals surface area contributed by atoms with Crippen molar-refractivity contribution in [1.82, 2.24) is 14.8 Å². The molecule has 1 aromatic heterocycles. The third kappa shape index (κ3) is 4.65. The molecule has 7 nitrogen and oxygen atoms in total. The second-order valence-corrected chi connectivity index (χ2v) is 7.67. The van der Waals surface area contributed by atoms with Crippen molar-refractivity contribution in [1.29, 1.82) is 0 Å². The van der Waals surface area contributed by atoms with Gasteiger partial charge >= 0.3 is 6.18 Å². The first-order valence-corrected chi connectivity index (χ1v) is 10.4. The van der Waals surface area contributed by atoms with Gasteiger partial charge in [-0.3, -0.25) is 4.79 Å². The van der Waals surface area contributed by atoms with Crippen molar-refractivity contribution in [2.24, 2.45) is 0 Å². The molecule has 2 aromatic carbocycles. The van der Waals surface area contributed by atoms with Gasteiger partial charge in [-0.2, -0.15) is 18.2 Å². The molecule has 1 atom stereocenters. The topological polar surface area (TPSA) is 81.1 Å². The number of benzene rings is 2. The third-order valence-corrected chi connectivity index (χ3v) is 5.21. The number of carbonyl (C=O) groups is 1. The van der Waals surface area contributed by atoms with Crippen LogP contribution in [0.1, 0.15) is 31.3 Å². The lowest BCUT2D eigenvalue weighted by atomic mass is 9.95. The summed E-state index contributed by atoms with van der Waals surface area (Å²) in [4.78, 5) is 16.9.